The molecule has 0 aliphatic heterocycles. The van der Waals surface area contributed by atoms with Crippen molar-refractivity contribution in [3.8, 4) is 0 Å². The van der Waals surface area contributed by atoms with Crippen molar-refractivity contribution in [1.29, 1.82) is 0 Å². The lowest BCUT2D eigenvalue weighted by molar-refractivity contribution is 0.0958. The Morgan fingerprint density at radius 2 is 2.17 bits per heavy atom. The van der Waals surface area contributed by atoms with E-state index in [-0.39, 0.29) is 5.78 Å². The second-order valence-electron chi connectivity index (χ2n) is 5.08. The fraction of sp³-hybridized carbons (Fsp3) is 0.714. The molecule has 0 spiro atoms. The predicted octanol–water partition coefficient (Wildman–Crippen LogP) is 2.49. The lowest BCUT2D eigenvalue weighted by Gasteiger charge is -2.19. The zero-order chi connectivity index (χ0) is 13.5. The van der Waals surface area contributed by atoms with Crippen LogP contribution in [0.15, 0.2) is 12.3 Å². The third-order valence-corrected chi connectivity index (χ3v) is 3.52. The van der Waals surface area contributed by atoms with Gasteiger partial charge in [0.15, 0.2) is 5.78 Å². The Hall–Kier alpha value is -1.16. The zero-order valence-electron chi connectivity index (χ0n) is 11.7. The Morgan fingerprint density at radius 3 is 2.72 bits per heavy atom. The molecule has 18 heavy (non-hydrogen) atoms. The van der Waals surface area contributed by atoms with Crippen LogP contribution in [0.2, 0.25) is 0 Å². The Balaban J connectivity index is 2.54. The molecule has 0 radical (unpaired) electrons. The van der Waals surface area contributed by atoms with Crippen molar-refractivity contribution in [3.05, 3.63) is 18.0 Å². The average molecular weight is 251 g/mol. The predicted molar refractivity (Wildman–Crippen MR) is 73.5 cm³/mol. The van der Waals surface area contributed by atoms with Crippen LogP contribution in [-0.4, -0.2) is 22.1 Å². The van der Waals surface area contributed by atoms with Crippen LogP contribution in [0.5, 0.6) is 0 Å². The van der Waals surface area contributed by atoms with Crippen LogP contribution in [-0.2, 0) is 6.54 Å². The van der Waals surface area contributed by atoms with Crippen LogP contribution in [0.3, 0.4) is 0 Å². The van der Waals surface area contributed by atoms with E-state index in [1.165, 1.54) is 0 Å². The number of hydrogen-bond donors (Lipinski definition) is 1. The first-order valence-electron chi connectivity index (χ1n) is 6.85. The van der Waals surface area contributed by atoms with E-state index in [1.54, 1.807) is 16.9 Å². The van der Waals surface area contributed by atoms with E-state index >= 15 is 0 Å². The highest BCUT2D eigenvalue weighted by molar-refractivity contribution is 5.94. The molecule has 4 heteroatoms. The van der Waals surface area contributed by atoms with E-state index < -0.39 is 0 Å². The number of nitrogens with two attached hydrogens (primary N) is 1. The van der Waals surface area contributed by atoms with Gasteiger partial charge in [-0.15, -0.1) is 0 Å². The van der Waals surface area contributed by atoms with Gasteiger partial charge in [0.25, 0.3) is 0 Å². The van der Waals surface area contributed by atoms with Crippen LogP contribution in [0.25, 0.3) is 0 Å². The summed E-state index contributed by atoms with van der Waals surface area (Å²) < 4.78 is 1.76. The molecule has 1 aromatic rings. The summed E-state index contributed by atoms with van der Waals surface area (Å²) >= 11 is 0. The molecule has 0 saturated carbocycles. The van der Waals surface area contributed by atoms with Crippen LogP contribution in [0.1, 0.15) is 50.5 Å². The number of carbonyl (C=O) groups excluding carboxylic acids is 1. The quantitative estimate of drug-likeness (QED) is 0.722. The summed E-state index contributed by atoms with van der Waals surface area (Å²) in [7, 11) is 0. The number of ketones is 1. The van der Waals surface area contributed by atoms with Gasteiger partial charge < -0.3 is 5.73 Å². The van der Waals surface area contributed by atoms with Gasteiger partial charge in [0, 0.05) is 19.2 Å². The molecule has 1 aromatic heterocycles. The number of Topliss-reactive ketones (excluding diaryl/α,β-unsaturated/α-hetero) is 1. The number of hydrogen-bond acceptors (Lipinski definition) is 3. The number of aromatic nitrogens is 2. The van der Waals surface area contributed by atoms with Crippen LogP contribution < -0.4 is 5.73 Å². The molecule has 1 unspecified atom stereocenters. The molecule has 1 heterocycles. The second-order valence-corrected chi connectivity index (χ2v) is 5.08. The smallest absolute Gasteiger partial charge is 0.180 e. The summed E-state index contributed by atoms with van der Waals surface area (Å²) in [6.45, 7) is 7.83. The van der Waals surface area contributed by atoms with Gasteiger partial charge in [0.2, 0.25) is 0 Å². The lowest BCUT2D eigenvalue weighted by atomic mass is 9.87. The van der Waals surface area contributed by atoms with E-state index in [0.29, 0.717) is 24.8 Å². The van der Waals surface area contributed by atoms with Gasteiger partial charge in [-0.25, -0.2) is 0 Å². The maximum absolute atomic E-state index is 12.1. The molecule has 0 aliphatic rings. The normalized spacial score (nSPS) is 12.9. The van der Waals surface area contributed by atoms with Crippen molar-refractivity contribution in [2.24, 2.45) is 17.6 Å². The average Bonchev–Trinajstić information content (AvgIpc) is 2.81. The minimum Gasteiger partial charge on any atom is -0.330 e. The number of aryl methyl sites for hydroxylation is 1. The zero-order valence-corrected chi connectivity index (χ0v) is 11.7. The van der Waals surface area contributed by atoms with Gasteiger partial charge in [0.05, 0.1) is 0 Å². The third-order valence-electron chi connectivity index (χ3n) is 3.52. The highest BCUT2D eigenvalue weighted by atomic mass is 16.1. The molecule has 1 rings (SSSR count). The van der Waals surface area contributed by atoms with E-state index in [0.717, 1.165) is 25.1 Å². The van der Waals surface area contributed by atoms with E-state index in [2.05, 4.69) is 18.9 Å². The molecule has 4 nitrogen and oxygen atoms in total. The molecule has 0 aromatic carbocycles. The summed E-state index contributed by atoms with van der Waals surface area (Å²) in [5.41, 5.74) is 6.34. The molecule has 0 saturated heterocycles. The van der Waals surface area contributed by atoms with Crippen molar-refractivity contribution >= 4 is 5.78 Å². The number of rotatable bonds is 8. The Morgan fingerprint density at radius 1 is 1.44 bits per heavy atom. The first kappa shape index (κ1) is 14.9. The minimum absolute atomic E-state index is 0.192. The first-order valence-corrected chi connectivity index (χ1v) is 6.85. The fourth-order valence-electron chi connectivity index (χ4n) is 2.29. The van der Waals surface area contributed by atoms with Crippen LogP contribution in [0.4, 0.5) is 0 Å². The standard InChI is InChI=1S/C14H25N3O/c1-4-17-13(8-10-16-17)14(18)6-5-12(7-9-15)11(2)3/h8,10-12H,4-7,9,15H2,1-3H3. The topological polar surface area (TPSA) is 60.9 Å². The number of nitrogens with zero attached hydrogens (tertiary/aromatic N) is 2. The Labute approximate surface area is 110 Å². The molecular weight excluding hydrogens is 226 g/mol. The second kappa shape index (κ2) is 7.31. The van der Waals surface area contributed by atoms with Crippen LogP contribution in [0, 0.1) is 11.8 Å². The van der Waals surface area contributed by atoms with Gasteiger partial charge in [-0.1, -0.05) is 13.8 Å². The van der Waals surface area contributed by atoms with Crippen molar-refractivity contribution in [3.63, 3.8) is 0 Å². The van der Waals surface area contributed by atoms with Crippen LogP contribution >= 0.6 is 0 Å². The third kappa shape index (κ3) is 3.95. The Kier molecular flexibility index (Phi) is 6.05. The van der Waals surface area contributed by atoms with Crippen molar-refractivity contribution in [1.82, 2.24) is 9.78 Å². The van der Waals surface area contributed by atoms with Gasteiger partial charge in [0.1, 0.15) is 5.69 Å². The molecule has 0 amide bonds. The van der Waals surface area contributed by atoms with Crippen molar-refractivity contribution < 1.29 is 4.79 Å². The summed E-state index contributed by atoms with van der Waals surface area (Å²) in [6, 6.07) is 1.80. The molecule has 1 atom stereocenters. The molecule has 0 fully saturated rings. The summed E-state index contributed by atoms with van der Waals surface area (Å²) in [5.74, 6) is 1.31. The molecular formula is C14H25N3O. The first-order chi connectivity index (χ1) is 8.60. The monoisotopic (exact) mass is 251 g/mol. The molecule has 2 N–H and O–H groups in total. The lowest BCUT2D eigenvalue weighted by Crippen LogP contribution is -2.17. The van der Waals surface area contributed by atoms with E-state index in [9.17, 15) is 4.79 Å². The van der Waals surface area contributed by atoms with Gasteiger partial charge in [-0.05, 0) is 44.2 Å². The molecule has 102 valence electrons. The maximum atomic E-state index is 12.1. The van der Waals surface area contributed by atoms with Gasteiger partial charge in [-0.2, -0.15) is 5.10 Å². The number of carbonyl (C=O) groups is 1. The maximum Gasteiger partial charge on any atom is 0.180 e. The van der Waals surface area contributed by atoms with Gasteiger partial charge in [-0.3, -0.25) is 9.48 Å². The molecule has 0 bridgehead atoms. The highest BCUT2D eigenvalue weighted by Crippen LogP contribution is 2.21. The van der Waals surface area contributed by atoms with Crippen molar-refractivity contribution in [2.45, 2.75) is 46.6 Å². The van der Waals surface area contributed by atoms with Gasteiger partial charge >= 0.3 is 0 Å². The summed E-state index contributed by atoms with van der Waals surface area (Å²) in [6.07, 6.45) is 4.20. The summed E-state index contributed by atoms with van der Waals surface area (Å²) in [4.78, 5) is 12.1. The highest BCUT2D eigenvalue weighted by Gasteiger charge is 2.17. The fourth-order valence-corrected chi connectivity index (χ4v) is 2.29. The largest absolute Gasteiger partial charge is 0.330 e. The van der Waals surface area contributed by atoms with E-state index in [1.807, 2.05) is 6.92 Å². The minimum atomic E-state index is 0.192. The summed E-state index contributed by atoms with van der Waals surface area (Å²) in [5, 5.41) is 4.13. The van der Waals surface area contributed by atoms with E-state index in [4.69, 9.17) is 5.73 Å². The van der Waals surface area contributed by atoms with Crippen molar-refractivity contribution in [2.75, 3.05) is 6.54 Å². The molecule has 0 aliphatic carbocycles. The SMILES string of the molecule is CCn1nccc1C(=O)CCC(CCN)C(C)C. The Bertz CT molecular complexity index is 371.